The second-order valence-electron chi connectivity index (χ2n) is 2.52. The SMILES string of the molecule is Cc1cccc(Cl)c1OCCN.Cl. The summed E-state index contributed by atoms with van der Waals surface area (Å²) >= 11 is 5.90. The van der Waals surface area contributed by atoms with Gasteiger partial charge in [-0.2, -0.15) is 0 Å². The summed E-state index contributed by atoms with van der Waals surface area (Å²) in [6.45, 7) is 2.97. The summed E-state index contributed by atoms with van der Waals surface area (Å²) in [6, 6.07) is 5.66. The number of aryl methyl sites for hydroxylation is 1. The molecule has 1 aromatic carbocycles. The zero-order valence-corrected chi connectivity index (χ0v) is 8.99. The van der Waals surface area contributed by atoms with Crippen LogP contribution in [0.4, 0.5) is 0 Å². The molecule has 13 heavy (non-hydrogen) atoms. The number of hydrogen-bond donors (Lipinski definition) is 1. The first-order chi connectivity index (χ1) is 5.75. The van der Waals surface area contributed by atoms with Crippen molar-refractivity contribution in [2.45, 2.75) is 6.92 Å². The van der Waals surface area contributed by atoms with Gasteiger partial charge in [-0.05, 0) is 18.6 Å². The zero-order valence-electron chi connectivity index (χ0n) is 7.42. The fourth-order valence-corrected chi connectivity index (χ4v) is 1.24. The van der Waals surface area contributed by atoms with E-state index in [0.29, 0.717) is 18.2 Å². The minimum Gasteiger partial charge on any atom is -0.490 e. The van der Waals surface area contributed by atoms with Gasteiger partial charge in [0.05, 0.1) is 5.02 Å². The smallest absolute Gasteiger partial charge is 0.140 e. The summed E-state index contributed by atoms with van der Waals surface area (Å²) in [4.78, 5) is 0. The van der Waals surface area contributed by atoms with Crippen molar-refractivity contribution in [2.24, 2.45) is 5.73 Å². The Morgan fingerprint density at radius 3 is 2.69 bits per heavy atom. The number of hydrogen-bond acceptors (Lipinski definition) is 2. The minimum absolute atomic E-state index is 0. The molecule has 0 heterocycles. The van der Waals surface area contributed by atoms with Gasteiger partial charge in [-0.1, -0.05) is 23.7 Å². The van der Waals surface area contributed by atoms with Crippen LogP contribution in [0.15, 0.2) is 18.2 Å². The van der Waals surface area contributed by atoms with Crippen molar-refractivity contribution in [3.8, 4) is 5.75 Å². The molecule has 2 nitrogen and oxygen atoms in total. The first-order valence-corrected chi connectivity index (χ1v) is 4.21. The molecule has 0 saturated heterocycles. The summed E-state index contributed by atoms with van der Waals surface area (Å²) < 4.78 is 5.36. The minimum atomic E-state index is 0. The number of ether oxygens (including phenoxy) is 1. The highest BCUT2D eigenvalue weighted by Crippen LogP contribution is 2.27. The van der Waals surface area contributed by atoms with E-state index in [2.05, 4.69) is 0 Å². The molecule has 0 amide bonds. The maximum Gasteiger partial charge on any atom is 0.140 e. The highest BCUT2D eigenvalue weighted by Gasteiger charge is 2.02. The molecule has 4 heteroatoms. The van der Waals surface area contributed by atoms with Crippen molar-refractivity contribution in [3.63, 3.8) is 0 Å². The van der Waals surface area contributed by atoms with Gasteiger partial charge in [0.15, 0.2) is 0 Å². The topological polar surface area (TPSA) is 35.2 Å². The maximum absolute atomic E-state index is 5.90. The summed E-state index contributed by atoms with van der Waals surface area (Å²) in [7, 11) is 0. The fraction of sp³-hybridized carbons (Fsp3) is 0.333. The first-order valence-electron chi connectivity index (χ1n) is 3.83. The van der Waals surface area contributed by atoms with Gasteiger partial charge in [0.1, 0.15) is 12.4 Å². The Morgan fingerprint density at radius 1 is 1.46 bits per heavy atom. The van der Waals surface area contributed by atoms with Crippen molar-refractivity contribution in [2.75, 3.05) is 13.2 Å². The lowest BCUT2D eigenvalue weighted by Crippen LogP contribution is -2.11. The molecule has 0 aromatic heterocycles. The van der Waals surface area contributed by atoms with E-state index in [-0.39, 0.29) is 12.4 Å². The highest BCUT2D eigenvalue weighted by atomic mass is 35.5. The molecule has 0 spiro atoms. The molecular formula is C9H13Cl2NO. The summed E-state index contributed by atoms with van der Waals surface area (Å²) in [5, 5.41) is 0.642. The molecule has 0 radical (unpaired) electrons. The Labute approximate surface area is 89.4 Å². The first kappa shape index (κ1) is 12.6. The summed E-state index contributed by atoms with van der Waals surface area (Å²) in [5.74, 6) is 0.740. The molecule has 0 unspecified atom stereocenters. The van der Waals surface area contributed by atoms with E-state index in [1.54, 1.807) is 6.07 Å². The Hall–Kier alpha value is -0.440. The van der Waals surface area contributed by atoms with Crippen molar-refractivity contribution in [1.29, 1.82) is 0 Å². The molecule has 74 valence electrons. The molecule has 0 aliphatic carbocycles. The standard InChI is InChI=1S/C9H12ClNO.ClH/c1-7-3-2-4-8(10)9(7)12-6-5-11;/h2-4H,5-6,11H2,1H3;1H. The van der Waals surface area contributed by atoms with Crippen LogP contribution in [0.2, 0.25) is 5.02 Å². The molecule has 0 fully saturated rings. The largest absolute Gasteiger partial charge is 0.490 e. The number of rotatable bonds is 3. The van der Waals surface area contributed by atoms with Crippen LogP contribution in [0, 0.1) is 6.92 Å². The number of para-hydroxylation sites is 1. The van der Waals surface area contributed by atoms with Gasteiger partial charge >= 0.3 is 0 Å². The van der Waals surface area contributed by atoms with Crippen LogP contribution < -0.4 is 10.5 Å². The van der Waals surface area contributed by atoms with Gasteiger partial charge in [-0.3, -0.25) is 0 Å². The summed E-state index contributed by atoms with van der Waals surface area (Å²) in [5.41, 5.74) is 6.35. The van der Waals surface area contributed by atoms with Crippen molar-refractivity contribution in [3.05, 3.63) is 28.8 Å². The van der Waals surface area contributed by atoms with E-state index in [0.717, 1.165) is 11.3 Å². The van der Waals surface area contributed by atoms with Crippen molar-refractivity contribution in [1.82, 2.24) is 0 Å². The zero-order chi connectivity index (χ0) is 8.97. The lowest BCUT2D eigenvalue weighted by atomic mass is 10.2. The van der Waals surface area contributed by atoms with Crippen LogP contribution in [0.3, 0.4) is 0 Å². The predicted octanol–water partition coefficient (Wildman–Crippen LogP) is 2.41. The third-order valence-electron chi connectivity index (χ3n) is 1.53. The number of halogens is 2. The second-order valence-corrected chi connectivity index (χ2v) is 2.93. The molecule has 0 bridgehead atoms. The van der Waals surface area contributed by atoms with Crippen LogP contribution in [0.1, 0.15) is 5.56 Å². The molecule has 0 aliphatic heterocycles. The van der Waals surface area contributed by atoms with E-state index in [9.17, 15) is 0 Å². The molecular weight excluding hydrogens is 209 g/mol. The summed E-state index contributed by atoms with van der Waals surface area (Å²) in [6.07, 6.45) is 0. The fourth-order valence-electron chi connectivity index (χ4n) is 0.960. The van der Waals surface area contributed by atoms with Crippen LogP contribution in [0.25, 0.3) is 0 Å². The average molecular weight is 222 g/mol. The maximum atomic E-state index is 5.90. The Bertz CT molecular complexity index is 246. The molecule has 1 rings (SSSR count). The van der Waals surface area contributed by atoms with Gasteiger partial charge in [0.25, 0.3) is 0 Å². The van der Waals surface area contributed by atoms with Crippen LogP contribution in [0.5, 0.6) is 5.75 Å². The monoisotopic (exact) mass is 221 g/mol. The average Bonchev–Trinajstić information content (AvgIpc) is 2.04. The Morgan fingerprint density at radius 2 is 2.15 bits per heavy atom. The predicted molar refractivity (Wildman–Crippen MR) is 58.0 cm³/mol. The van der Waals surface area contributed by atoms with Gasteiger partial charge in [-0.15, -0.1) is 12.4 Å². The molecule has 0 aliphatic rings. The van der Waals surface area contributed by atoms with Gasteiger partial charge < -0.3 is 10.5 Å². The van der Waals surface area contributed by atoms with Crippen LogP contribution in [-0.4, -0.2) is 13.2 Å². The van der Waals surface area contributed by atoms with Gasteiger partial charge in [0.2, 0.25) is 0 Å². The van der Waals surface area contributed by atoms with Gasteiger partial charge in [0, 0.05) is 6.54 Å². The van der Waals surface area contributed by atoms with E-state index < -0.39 is 0 Å². The molecule has 2 N–H and O–H groups in total. The van der Waals surface area contributed by atoms with E-state index >= 15 is 0 Å². The van der Waals surface area contributed by atoms with Gasteiger partial charge in [-0.25, -0.2) is 0 Å². The number of nitrogens with two attached hydrogens (primary N) is 1. The van der Waals surface area contributed by atoms with Crippen molar-refractivity contribution >= 4 is 24.0 Å². The molecule has 1 aromatic rings. The van der Waals surface area contributed by atoms with Crippen molar-refractivity contribution < 1.29 is 4.74 Å². The van der Waals surface area contributed by atoms with Crippen LogP contribution in [-0.2, 0) is 0 Å². The lowest BCUT2D eigenvalue weighted by molar-refractivity contribution is 0.326. The Kier molecular flexibility index (Phi) is 5.88. The van der Waals surface area contributed by atoms with E-state index in [1.165, 1.54) is 0 Å². The van der Waals surface area contributed by atoms with E-state index in [4.69, 9.17) is 22.1 Å². The quantitative estimate of drug-likeness (QED) is 0.852. The number of benzene rings is 1. The molecule has 0 atom stereocenters. The normalized spacial score (nSPS) is 9.15. The Balaban J connectivity index is 0.00000144. The second kappa shape index (κ2) is 6.08. The third-order valence-corrected chi connectivity index (χ3v) is 1.83. The van der Waals surface area contributed by atoms with Crippen LogP contribution >= 0.6 is 24.0 Å². The highest BCUT2D eigenvalue weighted by molar-refractivity contribution is 6.32. The lowest BCUT2D eigenvalue weighted by Gasteiger charge is -2.08. The van der Waals surface area contributed by atoms with E-state index in [1.807, 2.05) is 19.1 Å². The molecule has 0 saturated carbocycles. The third kappa shape index (κ3) is 3.43.